The number of halogens is 2. The summed E-state index contributed by atoms with van der Waals surface area (Å²) < 4.78 is 1.05. The van der Waals surface area contributed by atoms with Crippen LogP contribution in [-0.2, 0) is 4.79 Å². The molecule has 0 fully saturated rings. The highest BCUT2D eigenvalue weighted by Gasteiger charge is 2.34. The molecule has 0 saturated carbocycles. The maximum Gasteiger partial charge on any atom is 0.282 e. The number of anilines is 1. The summed E-state index contributed by atoms with van der Waals surface area (Å²) in [5.41, 5.74) is 3.07. The number of aliphatic imine (C=N–C) groups is 1. The number of thiophene rings is 1. The van der Waals surface area contributed by atoms with Crippen molar-refractivity contribution >= 4 is 68.1 Å². The number of hydrogen-bond donors (Lipinski definition) is 0. The molecule has 2 heterocycles. The van der Waals surface area contributed by atoms with Crippen LogP contribution in [0.25, 0.3) is 16.2 Å². The van der Waals surface area contributed by atoms with E-state index in [2.05, 4.69) is 0 Å². The molecule has 31 heavy (non-hydrogen) atoms. The van der Waals surface area contributed by atoms with Gasteiger partial charge in [-0.15, -0.1) is 11.3 Å². The minimum Gasteiger partial charge on any atom is -0.266 e. The number of amidine groups is 1. The van der Waals surface area contributed by atoms with E-state index in [-0.39, 0.29) is 5.91 Å². The number of rotatable bonds is 3. The summed E-state index contributed by atoms with van der Waals surface area (Å²) >= 11 is 14.3. The third-order valence-electron chi connectivity index (χ3n) is 5.06. The van der Waals surface area contributed by atoms with E-state index in [1.165, 1.54) is 11.3 Å². The van der Waals surface area contributed by atoms with E-state index in [1.54, 1.807) is 23.1 Å². The first-order valence-corrected chi connectivity index (χ1v) is 11.2. The van der Waals surface area contributed by atoms with Crippen molar-refractivity contribution in [2.75, 3.05) is 4.90 Å². The predicted octanol–water partition coefficient (Wildman–Crippen LogP) is 7.35. The summed E-state index contributed by atoms with van der Waals surface area (Å²) in [6, 6.07) is 23.0. The van der Waals surface area contributed by atoms with Gasteiger partial charge in [-0.1, -0.05) is 71.2 Å². The van der Waals surface area contributed by atoms with E-state index in [4.69, 9.17) is 28.2 Å². The standard InChI is InChI=1S/C25H16Cl2N2OS/c1-15-6-12-18(13-7-15)29-24(23-22(27)19-4-2-3-5-21(19)31-23)28-20(25(29)30)14-16-8-10-17(26)11-9-16/h2-14H,1H3/b20-14+. The van der Waals surface area contributed by atoms with Gasteiger partial charge in [0.2, 0.25) is 0 Å². The van der Waals surface area contributed by atoms with Gasteiger partial charge in [-0.05, 0) is 48.9 Å². The van der Waals surface area contributed by atoms with Crippen molar-refractivity contribution in [3.63, 3.8) is 0 Å². The van der Waals surface area contributed by atoms with Crippen molar-refractivity contribution in [3.8, 4) is 0 Å². The molecule has 4 aromatic rings. The topological polar surface area (TPSA) is 32.7 Å². The lowest BCUT2D eigenvalue weighted by molar-refractivity contribution is -0.113. The maximum atomic E-state index is 13.5. The Hall–Kier alpha value is -2.92. The van der Waals surface area contributed by atoms with Gasteiger partial charge in [0.25, 0.3) is 5.91 Å². The molecule has 6 heteroatoms. The maximum absolute atomic E-state index is 13.5. The molecule has 0 bridgehead atoms. The average molecular weight is 463 g/mol. The monoisotopic (exact) mass is 462 g/mol. The molecule has 1 aliphatic heterocycles. The first-order chi connectivity index (χ1) is 15.0. The molecule has 152 valence electrons. The number of amides is 1. The van der Waals surface area contributed by atoms with Gasteiger partial charge >= 0.3 is 0 Å². The van der Waals surface area contributed by atoms with Crippen molar-refractivity contribution in [2.24, 2.45) is 4.99 Å². The average Bonchev–Trinajstić information content (AvgIpc) is 3.28. The Morgan fingerprint density at radius 1 is 0.935 bits per heavy atom. The van der Waals surface area contributed by atoms with Crippen molar-refractivity contribution in [2.45, 2.75) is 6.92 Å². The first-order valence-electron chi connectivity index (χ1n) is 9.66. The zero-order valence-corrected chi connectivity index (χ0v) is 18.8. The number of carbonyl (C=O) groups excluding carboxylic acids is 1. The highest BCUT2D eigenvalue weighted by molar-refractivity contribution is 7.21. The van der Waals surface area contributed by atoms with E-state index in [9.17, 15) is 4.79 Å². The summed E-state index contributed by atoms with van der Waals surface area (Å²) in [7, 11) is 0. The molecule has 0 spiro atoms. The molecule has 3 aromatic carbocycles. The van der Waals surface area contributed by atoms with Crippen molar-refractivity contribution in [3.05, 3.63) is 105 Å². The molecule has 5 rings (SSSR count). The molecule has 0 saturated heterocycles. The fourth-order valence-corrected chi connectivity index (χ4v) is 5.10. The third kappa shape index (κ3) is 3.68. The van der Waals surface area contributed by atoms with Crippen LogP contribution in [0.1, 0.15) is 16.0 Å². The number of carbonyl (C=O) groups is 1. The van der Waals surface area contributed by atoms with Crippen LogP contribution < -0.4 is 4.90 Å². The van der Waals surface area contributed by atoms with Gasteiger partial charge in [-0.25, -0.2) is 4.99 Å². The Morgan fingerprint density at radius 3 is 2.35 bits per heavy atom. The lowest BCUT2D eigenvalue weighted by atomic mass is 10.2. The molecular weight excluding hydrogens is 447 g/mol. The summed E-state index contributed by atoms with van der Waals surface area (Å²) in [6.07, 6.45) is 1.77. The van der Waals surface area contributed by atoms with Gasteiger partial charge in [0, 0.05) is 15.1 Å². The van der Waals surface area contributed by atoms with Crippen LogP contribution >= 0.6 is 34.5 Å². The Morgan fingerprint density at radius 2 is 1.65 bits per heavy atom. The number of hydrogen-bond acceptors (Lipinski definition) is 3. The van der Waals surface area contributed by atoms with Gasteiger partial charge in [0.1, 0.15) is 5.70 Å². The van der Waals surface area contributed by atoms with Crippen LogP contribution in [0.2, 0.25) is 10.0 Å². The highest BCUT2D eigenvalue weighted by atomic mass is 35.5. The van der Waals surface area contributed by atoms with Crippen molar-refractivity contribution < 1.29 is 4.79 Å². The van der Waals surface area contributed by atoms with Crippen LogP contribution in [0.4, 0.5) is 5.69 Å². The predicted molar refractivity (Wildman–Crippen MR) is 131 cm³/mol. The number of aryl methyl sites for hydroxylation is 1. The highest BCUT2D eigenvalue weighted by Crippen LogP contribution is 2.39. The molecule has 0 radical (unpaired) electrons. The van der Waals surface area contributed by atoms with E-state index in [0.717, 1.165) is 31.8 Å². The second-order valence-corrected chi connectivity index (χ2v) is 9.10. The Labute approximate surface area is 193 Å². The SMILES string of the molecule is Cc1ccc(N2C(=O)/C(=C\c3ccc(Cl)cc3)N=C2c2sc3ccccc3c2Cl)cc1. The van der Waals surface area contributed by atoms with Gasteiger partial charge in [-0.3, -0.25) is 9.69 Å². The largest absolute Gasteiger partial charge is 0.282 e. The third-order valence-corrected chi connectivity index (χ3v) is 6.99. The van der Waals surface area contributed by atoms with Crippen molar-refractivity contribution in [1.29, 1.82) is 0 Å². The zero-order valence-electron chi connectivity index (χ0n) is 16.5. The molecule has 0 aliphatic carbocycles. The van der Waals surface area contributed by atoms with Crippen LogP contribution in [0.5, 0.6) is 0 Å². The fourth-order valence-electron chi connectivity index (χ4n) is 3.48. The van der Waals surface area contributed by atoms with E-state index in [1.807, 2.05) is 67.6 Å². The molecule has 1 aromatic heterocycles. The first kappa shape index (κ1) is 20.0. The van der Waals surface area contributed by atoms with E-state index < -0.39 is 0 Å². The normalized spacial score (nSPS) is 15.2. The lowest BCUT2D eigenvalue weighted by Crippen LogP contribution is -2.32. The van der Waals surface area contributed by atoms with E-state index >= 15 is 0 Å². The molecule has 0 unspecified atom stereocenters. The molecule has 0 N–H and O–H groups in total. The van der Waals surface area contributed by atoms with Gasteiger partial charge in [0.05, 0.1) is 15.6 Å². The molecule has 1 aliphatic rings. The number of fused-ring (bicyclic) bond motifs is 1. The van der Waals surface area contributed by atoms with Crippen molar-refractivity contribution in [1.82, 2.24) is 0 Å². The molecule has 0 atom stereocenters. The fraction of sp³-hybridized carbons (Fsp3) is 0.0400. The summed E-state index contributed by atoms with van der Waals surface area (Å²) in [4.78, 5) is 20.6. The number of benzene rings is 3. The van der Waals surface area contributed by atoms with Crippen LogP contribution in [-0.4, -0.2) is 11.7 Å². The van der Waals surface area contributed by atoms with Crippen LogP contribution in [0.3, 0.4) is 0 Å². The molecular formula is C25H16Cl2N2OS. The smallest absolute Gasteiger partial charge is 0.266 e. The Balaban J connectivity index is 1.68. The lowest BCUT2D eigenvalue weighted by Gasteiger charge is -2.18. The number of nitrogens with zero attached hydrogens (tertiary/aromatic N) is 2. The second kappa shape index (κ2) is 7.97. The minimum absolute atomic E-state index is 0.192. The zero-order chi connectivity index (χ0) is 21.5. The quantitative estimate of drug-likeness (QED) is 0.293. The Kier molecular flexibility index (Phi) is 5.14. The van der Waals surface area contributed by atoms with E-state index in [0.29, 0.717) is 21.6 Å². The Bertz CT molecular complexity index is 1370. The minimum atomic E-state index is -0.192. The molecule has 3 nitrogen and oxygen atoms in total. The second-order valence-electron chi connectivity index (χ2n) is 7.23. The molecule has 1 amide bonds. The van der Waals surface area contributed by atoms with Gasteiger partial charge in [0.15, 0.2) is 5.84 Å². The summed E-state index contributed by atoms with van der Waals surface area (Å²) in [5.74, 6) is 0.350. The van der Waals surface area contributed by atoms with Crippen LogP contribution in [0, 0.1) is 6.92 Å². The van der Waals surface area contributed by atoms with Gasteiger partial charge in [-0.2, -0.15) is 0 Å². The summed E-state index contributed by atoms with van der Waals surface area (Å²) in [6.45, 7) is 2.01. The van der Waals surface area contributed by atoms with Crippen LogP contribution in [0.15, 0.2) is 83.5 Å². The summed E-state index contributed by atoms with van der Waals surface area (Å²) in [5, 5.41) is 2.21. The van der Waals surface area contributed by atoms with Gasteiger partial charge < -0.3 is 0 Å².